The van der Waals surface area contributed by atoms with E-state index in [0.717, 1.165) is 12.1 Å². The van der Waals surface area contributed by atoms with Crippen LogP contribution in [-0.4, -0.2) is 11.1 Å². The maximum absolute atomic E-state index is 12.6. The molecule has 0 radical (unpaired) electrons. The fraction of sp³-hybridized carbons (Fsp3) is 0.167. The van der Waals surface area contributed by atoms with Gasteiger partial charge in [-0.15, -0.1) is 0 Å². The first-order valence-electron chi connectivity index (χ1n) is 4.84. The smallest absolute Gasteiger partial charge is 0.417 e. The average molecular weight is 255 g/mol. The molecule has 0 aliphatic rings. The molecule has 0 fully saturated rings. The van der Waals surface area contributed by atoms with Crippen molar-refractivity contribution in [3.05, 3.63) is 41.0 Å². The van der Waals surface area contributed by atoms with Crippen molar-refractivity contribution in [2.75, 3.05) is 0 Å². The van der Waals surface area contributed by atoms with Crippen molar-refractivity contribution >= 4 is 12.0 Å². The van der Waals surface area contributed by atoms with Gasteiger partial charge in [-0.2, -0.15) is 18.4 Å². The average Bonchev–Trinajstić information content (AvgIpc) is 2.28. The van der Waals surface area contributed by atoms with Gasteiger partial charge in [-0.1, -0.05) is 18.2 Å². The summed E-state index contributed by atoms with van der Waals surface area (Å²) >= 11 is 0. The number of hydrogen-bond donors (Lipinski definition) is 1. The van der Waals surface area contributed by atoms with Gasteiger partial charge in [0.2, 0.25) is 0 Å². The molecule has 1 rings (SSSR count). The number of nitrogens with zero attached hydrogens (tertiary/aromatic N) is 1. The molecule has 1 aromatic rings. The molecule has 0 aliphatic carbocycles. The lowest BCUT2D eigenvalue weighted by Gasteiger charge is -2.10. The van der Waals surface area contributed by atoms with E-state index in [-0.39, 0.29) is 12.0 Å². The number of carboxylic acid groups (broad SMARTS) is 1. The molecule has 18 heavy (non-hydrogen) atoms. The summed E-state index contributed by atoms with van der Waals surface area (Å²) in [5.74, 6) is -1.63. The second kappa shape index (κ2) is 5.36. The molecule has 6 heteroatoms. The molecule has 0 atom stereocenters. The third-order valence-corrected chi connectivity index (χ3v) is 2.10. The van der Waals surface area contributed by atoms with Crippen LogP contribution in [0, 0.1) is 11.3 Å². The summed E-state index contributed by atoms with van der Waals surface area (Å²) in [6.07, 6.45) is -1.92. The van der Waals surface area contributed by atoms with Gasteiger partial charge in [0, 0.05) is 0 Å². The second-order valence-electron chi connectivity index (χ2n) is 3.37. The molecule has 0 heterocycles. The summed E-state index contributed by atoms with van der Waals surface area (Å²) < 4.78 is 37.9. The maximum Gasteiger partial charge on any atom is 0.417 e. The van der Waals surface area contributed by atoms with Gasteiger partial charge in [0.1, 0.15) is 0 Å². The minimum absolute atomic E-state index is 0.0715. The van der Waals surface area contributed by atoms with Crippen molar-refractivity contribution in [3.63, 3.8) is 0 Å². The highest BCUT2D eigenvalue weighted by atomic mass is 19.4. The zero-order chi connectivity index (χ0) is 13.8. The minimum atomic E-state index is -4.73. The van der Waals surface area contributed by atoms with Crippen LogP contribution >= 0.6 is 0 Å². The van der Waals surface area contributed by atoms with Gasteiger partial charge in [0.15, 0.2) is 0 Å². The number of alkyl halides is 3. The zero-order valence-corrected chi connectivity index (χ0v) is 9.03. The Labute approximate surface area is 101 Å². The number of carbonyl (C=O) groups is 1. The first-order chi connectivity index (χ1) is 8.36. The number of carboxylic acids is 1. The molecule has 0 unspecified atom stereocenters. The number of rotatable bonds is 3. The minimum Gasteiger partial charge on any atom is -0.478 e. The predicted molar refractivity (Wildman–Crippen MR) is 57.7 cm³/mol. The fourth-order valence-corrected chi connectivity index (χ4v) is 1.33. The number of allylic oxidation sites excluding steroid dienone is 1. The Morgan fingerprint density at radius 3 is 2.61 bits per heavy atom. The Kier molecular flexibility index (Phi) is 4.10. The molecule has 0 saturated carbocycles. The topological polar surface area (TPSA) is 61.1 Å². The normalized spacial score (nSPS) is 11.4. The predicted octanol–water partition coefficient (Wildman–Crippen LogP) is 3.33. The molecule has 0 bridgehead atoms. The van der Waals surface area contributed by atoms with Gasteiger partial charge in [-0.25, -0.2) is 4.79 Å². The van der Waals surface area contributed by atoms with Crippen molar-refractivity contribution in [3.8, 4) is 6.07 Å². The van der Waals surface area contributed by atoms with Crippen LogP contribution in [0.15, 0.2) is 24.3 Å². The zero-order valence-electron chi connectivity index (χ0n) is 9.03. The van der Waals surface area contributed by atoms with E-state index in [1.165, 1.54) is 18.2 Å². The Morgan fingerprint density at radius 1 is 1.44 bits per heavy atom. The largest absolute Gasteiger partial charge is 0.478 e. The Morgan fingerprint density at radius 2 is 2.11 bits per heavy atom. The van der Waals surface area contributed by atoms with E-state index in [4.69, 9.17) is 10.4 Å². The van der Waals surface area contributed by atoms with Crippen LogP contribution in [0.25, 0.3) is 6.08 Å². The molecule has 1 aromatic carbocycles. The summed E-state index contributed by atoms with van der Waals surface area (Å²) in [5.41, 5.74) is -1.79. The van der Waals surface area contributed by atoms with Crippen LogP contribution in [-0.2, 0) is 6.18 Å². The Balaban J connectivity index is 3.23. The van der Waals surface area contributed by atoms with Gasteiger partial charge in [0.25, 0.3) is 0 Å². The summed E-state index contributed by atoms with van der Waals surface area (Å²) in [7, 11) is 0. The Bertz CT molecular complexity index is 527. The maximum atomic E-state index is 12.6. The lowest BCUT2D eigenvalue weighted by Crippen LogP contribution is -2.13. The van der Waals surface area contributed by atoms with E-state index in [0.29, 0.717) is 0 Å². The van der Waals surface area contributed by atoms with E-state index in [9.17, 15) is 18.0 Å². The van der Waals surface area contributed by atoms with Crippen molar-refractivity contribution in [1.29, 1.82) is 5.26 Å². The van der Waals surface area contributed by atoms with Crippen LogP contribution < -0.4 is 0 Å². The van der Waals surface area contributed by atoms with Crippen molar-refractivity contribution in [2.24, 2.45) is 0 Å². The quantitative estimate of drug-likeness (QED) is 0.901. The van der Waals surface area contributed by atoms with Crippen LogP contribution in [0.3, 0.4) is 0 Å². The first kappa shape index (κ1) is 13.8. The number of hydrogen-bond acceptors (Lipinski definition) is 2. The van der Waals surface area contributed by atoms with E-state index in [1.54, 1.807) is 0 Å². The van der Waals surface area contributed by atoms with Gasteiger partial charge in [-0.05, 0) is 17.7 Å². The van der Waals surface area contributed by atoms with Gasteiger partial charge in [0.05, 0.1) is 23.6 Å². The number of nitriles is 1. The van der Waals surface area contributed by atoms with Crippen LogP contribution in [0.1, 0.15) is 27.9 Å². The fourth-order valence-electron chi connectivity index (χ4n) is 1.33. The number of halogens is 3. The third-order valence-electron chi connectivity index (χ3n) is 2.10. The van der Waals surface area contributed by atoms with Gasteiger partial charge < -0.3 is 5.11 Å². The molecule has 3 nitrogen and oxygen atoms in total. The summed E-state index contributed by atoms with van der Waals surface area (Å²) in [6, 6.07) is 4.71. The number of benzene rings is 1. The Hall–Kier alpha value is -2.29. The number of aromatic carboxylic acids is 1. The summed E-state index contributed by atoms with van der Waals surface area (Å²) in [5, 5.41) is 17.0. The lowest BCUT2D eigenvalue weighted by atomic mass is 10.0. The van der Waals surface area contributed by atoms with E-state index < -0.39 is 23.3 Å². The van der Waals surface area contributed by atoms with Crippen LogP contribution in [0.2, 0.25) is 0 Å². The lowest BCUT2D eigenvalue weighted by molar-refractivity contribution is -0.138. The second-order valence-corrected chi connectivity index (χ2v) is 3.37. The summed E-state index contributed by atoms with van der Waals surface area (Å²) in [6.45, 7) is 0. The molecular formula is C12H8F3NO2. The molecule has 94 valence electrons. The van der Waals surface area contributed by atoms with E-state index in [2.05, 4.69) is 0 Å². The van der Waals surface area contributed by atoms with Crippen LogP contribution in [0.4, 0.5) is 13.2 Å². The SMILES string of the molecule is N#CCC=Cc1ccc(C(=O)O)c(C(F)(F)F)c1. The highest BCUT2D eigenvalue weighted by Gasteiger charge is 2.35. The van der Waals surface area contributed by atoms with Gasteiger partial charge >= 0.3 is 12.1 Å². The van der Waals surface area contributed by atoms with Crippen LogP contribution in [0.5, 0.6) is 0 Å². The van der Waals surface area contributed by atoms with Crippen molar-refractivity contribution < 1.29 is 23.1 Å². The molecular weight excluding hydrogens is 247 g/mol. The molecule has 1 N–H and O–H groups in total. The molecule has 0 aromatic heterocycles. The summed E-state index contributed by atoms with van der Waals surface area (Å²) in [4.78, 5) is 10.7. The van der Waals surface area contributed by atoms with E-state index >= 15 is 0 Å². The van der Waals surface area contributed by atoms with Crippen molar-refractivity contribution in [2.45, 2.75) is 12.6 Å². The highest BCUT2D eigenvalue weighted by Crippen LogP contribution is 2.33. The van der Waals surface area contributed by atoms with Gasteiger partial charge in [-0.3, -0.25) is 0 Å². The molecule has 0 aliphatic heterocycles. The third kappa shape index (κ3) is 3.35. The van der Waals surface area contributed by atoms with Crippen molar-refractivity contribution in [1.82, 2.24) is 0 Å². The first-order valence-corrected chi connectivity index (χ1v) is 4.84. The highest BCUT2D eigenvalue weighted by molar-refractivity contribution is 5.90. The molecule has 0 spiro atoms. The standard InChI is InChI=1S/C12H8F3NO2/c13-12(14,15)10-7-8(3-1-2-6-16)4-5-9(10)11(17)18/h1,3-5,7H,2H2,(H,17,18). The van der Waals surface area contributed by atoms with E-state index in [1.807, 2.05) is 6.07 Å². The molecule has 0 saturated heterocycles. The monoisotopic (exact) mass is 255 g/mol. The molecule has 0 amide bonds.